The van der Waals surface area contributed by atoms with E-state index in [1.807, 2.05) is 37.3 Å². The summed E-state index contributed by atoms with van der Waals surface area (Å²) < 4.78 is 16.1. The van der Waals surface area contributed by atoms with Crippen LogP contribution in [-0.2, 0) is 0 Å². The van der Waals surface area contributed by atoms with Crippen LogP contribution < -0.4 is 14.8 Å². The molecule has 0 bridgehead atoms. The second-order valence-corrected chi connectivity index (χ2v) is 4.38. The number of hydrogen-bond acceptors (Lipinski definition) is 4. The SMILES string of the molecule is COc1ccc(NC(C)c2ccc(C)o2)cc1OC. The van der Waals surface area contributed by atoms with Crippen molar-refractivity contribution in [2.45, 2.75) is 19.9 Å². The second kappa shape index (κ2) is 5.69. The van der Waals surface area contributed by atoms with Gasteiger partial charge in [0, 0.05) is 11.8 Å². The molecule has 0 aliphatic rings. The highest BCUT2D eigenvalue weighted by Crippen LogP contribution is 2.31. The van der Waals surface area contributed by atoms with Gasteiger partial charge in [-0.05, 0) is 38.1 Å². The van der Waals surface area contributed by atoms with Crippen molar-refractivity contribution in [1.29, 1.82) is 0 Å². The number of anilines is 1. The van der Waals surface area contributed by atoms with Crippen LogP contribution in [0, 0.1) is 6.92 Å². The summed E-state index contributed by atoms with van der Waals surface area (Å²) in [5.74, 6) is 3.24. The first kappa shape index (κ1) is 13.3. The Bertz CT molecular complexity index is 548. The van der Waals surface area contributed by atoms with Gasteiger partial charge in [0.25, 0.3) is 0 Å². The zero-order chi connectivity index (χ0) is 13.8. The number of rotatable bonds is 5. The molecule has 0 saturated carbocycles. The topological polar surface area (TPSA) is 43.6 Å². The van der Waals surface area contributed by atoms with Gasteiger partial charge in [-0.3, -0.25) is 0 Å². The lowest BCUT2D eigenvalue weighted by atomic mass is 10.2. The molecular weight excluding hydrogens is 242 g/mol. The Morgan fingerprint density at radius 1 is 1.05 bits per heavy atom. The average Bonchev–Trinajstić information content (AvgIpc) is 2.85. The standard InChI is InChI=1S/C15H19NO3/c1-10-5-7-13(19-10)11(2)16-12-6-8-14(17-3)15(9-12)18-4/h5-9,11,16H,1-4H3. The van der Waals surface area contributed by atoms with Crippen LogP contribution in [0.1, 0.15) is 24.5 Å². The lowest BCUT2D eigenvalue weighted by Crippen LogP contribution is -2.05. The molecule has 2 aromatic rings. The van der Waals surface area contributed by atoms with Gasteiger partial charge >= 0.3 is 0 Å². The highest BCUT2D eigenvalue weighted by atomic mass is 16.5. The summed E-state index contributed by atoms with van der Waals surface area (Å²) in [6.45, 7) is 3.99. The third-order valence-corrected chi connectivity index (χ3v) is 2.95. The third-order valence-electron chi connectivity index (χ3n) is 2.95. The van der Waals surface area contributed by atoms with Crippen molar-refractivity contribution in [2.75, 3.05) is 19.5 Å². The Balaban J connectivity index is 2.14. The normalized spacial score (nSPS) is 12.0. The van der Waals surface area contributed by atoms with Gasteiger partial charge in [0.05, 0.1) is 20.3 Å². The number of ether oxygens (including phenoxy) is 2. The Labute approximate surface area is 113 Å². The van der Waals surface area contributed by atoms with Crippen molar-refractivity contribution in [3.8, 4) is 11.5 Å². The summed E-state index contributed by atoms with van der Waals surface area (Å²) in [6.07, 6.45) is 0. The quantitative estimate of drug-likeness (QED) is 0.889. The summed E-state index contributed by atoms with van der Waals surface area (Å²) in [4.78, 5) is 0. The smallest absolute Gasteiger partial charge is 0.162 e. The van der Waals surface area contributed by atoms with E-state index in [0.717, 1.165) is 23.0 Å². The zero-order valence-electron chi connectivity index (χ0n) is 11.7. The Morgan fingerprint density at radius 3 is 2.37 bits per heavy atom. The maximum Gasteiger partial charge on any atom is 0.162 e. The average molecular weight is 261 g/mol. The van der Waals surface area contributed by atoms with Crippen LogP contribution in [0.2, 0.25) is 0 Å². The minimum atomic E-state index is 0.0896. The predicted molar refractivity (Wildman–Crippen MR) is 75.0 cm³/mol. The molecule has 0 aliphatic heterocycles. The fourth-order valence-corrected chi connectivity index (χ4v) is 1.93. The van der Waals surface area contributed by atoms with E-state index < -0.39 is 0 Å². The maximum absolute atomic E-state index is 5.60. The van der Waals surface area contributed by atoms with Crippen molar-refractivity contribution in [3.05, 3.63) is 41.9 Å². The molecule has 0 saturated heterocycles. The van der Waals surface area contributed by atoms with Crippen LogP contribution in [0.3, 0.4) is 0 Å². The minimum Gasteiger partial charge on any atom is -0.493 e. The van der Waals surface area contributed by atoms with Crippen molar-refractivity contribution in [1.82, 2.24) is 0 Å². The van der Waals surface area contributed by atoms with Crippen molar-refractivity contribution >= 4 is 5.69 Å². The Hall–Kier alpha value is -2.10. The van der Waals surface area contributed by atoms with E-state index >= 15 is 0 Å². The van der Waals surface area contributed by atoms with Gasteiger partial charge in [0.1, 0.15) is 11.5 Å². The lowest BCUT2D eigenvalue weighted by molar-refractivity contribution is 0.355. The van der Waals surface area contributed by atoms with E-state index in [9.17, 15) is 0 Å². The first-order valence-electron chi connectivity index (χ1n) is 6.19. The fourth-order valence-electron chi connectivity index (χ4n) is 1.93. The molecule has 0 aliphatic carbocycles. The molecule has 1 aromatic heterocycles. The van der Waals surface area contributed by atoms with Crippen LogP contribution in [0.5, 0.6) is 11.5 Å². The first-order chi connectivity index (χ1) is 9.13. The number of hydrogen-bond donors (Lipinski definition) is 1. The minimum absolute atomic E-state index is 0.0896. The predicted octanol–water partition coefficient (Wildman–Crippen LogP) is 3.78. The Morgan fingerprint density at radius 2 is 1.79 bits per heavy atom. The van der Waals surface area contributed by atoms with Gasteiger partial charge in [-0.1, -0.05) is 0 Å². The number of aryl methyl sites for hydroxylation is 1. The zero-order valence-corrected chi connectivity index (χ0v) is 11.7. The molecule has 1 aromatic carbocycles. The third kappa shape index (κ3) is 3.02. The highest BCUT2D eigenvalue weighted by Gasteiger charge is 2.11. The molecule has 1 N–H and O–H groups in total. The van der Waals surface area contributed by atoms with E-state index in [0.29, 0.717) is 5.75 Å². The molecule has 102 valence electrons. The molecule has 0 amide bonds. The molecule has 4 heteroatoms. The van der Waals surface area contributed by atoms with Gasteiger partial charge in [-0.15, -0.1) is 0 Å². The van der Waals surface area contributed by atoms with E-state index in [1.54, 1.807) is 14.2 Å². The van der Waals surface area contributed by atoms with E-state index in [2.05, 4.69) is 12.2 Å². The largest absolute Gasteiger partial charge is 0.493 e. The van der Waals surface area contributed by atoms with Crippen molar-refractivity contribution in [2.24, 2.45) is 0 Å². The number of furan rings is 1. The highest BCUT2D eigenvalue weighted by molar-refractivity contribution is 5.55. The van der Waals surface area contributed by atoms with Crippen molar-refractivity contribution in [3.63, 3.8) is 0 Å². The molecular formula is C15H19NO3. The Kier molecular flexibility index (Phi) is 4.00. The number of benzene rings is 1. The van der Waals surface area contributed by atoms with Crippen molar-refractivity contribution < 1.29 is 13.9 Å². The summed E-state index contributed by atoms with van der Waals surface area (Å²) in [5.41, 5.74) is 0.958. The molecule has 1 atom stereocenters. The number of methoxy groups -OCH3 is 2. The van der Waals surface area contributed by atoms with Crippen LogP contribution in [0.15, 0.2) is 34.7 Å². The molecule has 19 heavy (non-hydrogen) atoms. The van der Waals surface area contributed by atoms with Gasteiger partial charge in [-0.25, -0.2) is 0 Å². The molecule has 1 unspecified atom stereocenters. The lowest BCUT2D eigenvalue weighted by Gasteiger charge is -2.15. The molecule has 1 heterocycles. The summed E-state index contributed by atoms with van der Waals surface area (Å²) in [6, 6.07) is 9.77. The molecule has 0 spiro atoms. The number of nitrogens with one attached hydrogen (secondary N) is 1. The first-order valence-corrected chi connectivity index (χ1v) is 6.19. The molecule has 0 fully saturated rings. The van der Waals surface area contributed by atoms with Crippen LogP contribution in [0.4, 0.5) is 5.69 Å². The van der Waals surface area contributed by atoms with Crippen LogP contribution >= 0.6 is 0 Å². The van der Waals surface area contributed by atoms with Crippen LogP contribution in [-0.4, -0.2) is 14.2 Å². The van der Waals surface area contributed by atoms with Crippen LogP contribution in [0.25, 0.3) is 0 Å². The van der Waals surface area contributed by atoms with Gasteiger partial charge < -0.3 is 19.2 Å². The second-order valence-electron chi connectivity index (χ2n) is 4.38. The summed E-state index contributed by atoms with van der Waals surface area (Å²) >= 11 is 0. The summed E-state index contributed by atoms with van der Waals surface area (Å²) in [5, 5.41) is 3.37. The monoisotopic (exact) mass is 261 g/mol. The molecule has 4 nitrogen and oxygen atoms in total. The van der Waals surface area contributed by atoms with Gasteiger partial charge in [0.15, 0.2) is 11.5 Å². The maximum atomic E-state index is 5.60. The van der Waals surface area contributed by atoms with Gasteiger partial charge in [-0.2, -0.15) is 0 Å². The molecule has 0 radical (unpaired) electrons. The summed E-state index contributed by atoms with van der Waals surface area (Å²) in [7, 11) is 3.25. The van der Waals surface area contributed by atoms with E-state index in [-0.39, 0.29) is 6.04 Å². The molecule has 2 rings (SSSR count). The van der Waals surface area contributed by atoms with Gasteiger partial charge in [0.2, 0.25) is 0 Å². The van der Waals surface area contributed by atoms with E-state index in [4.69, 9.17) is 13.9 Å². The fraction of sp³-hybridized carbons (Fsp3) is 0.333. The van der Waals surface area contributed by atoms with E-state index in [1.165, 1.54) is 0 Å².